The van der Waals surface area contributed by atoms with Gasteiger partial charge in [-0.2, -0.15) is 5.10 Å². The molecule has 0 saturated heterocycles. The maximum absolute atomic E-state index is 9.64. The van der Waals surface area contributed by atoms with Gasteiger partial charge in [0.15, 0.2) is 6.10 Å². The quantitative estimate of drug-likeness (QED) is 0.583. The molecule has 0 spiro atoms. The van der Waals surface area contributed by atoms with E-state index >= 15 is 0 Å². The molecule has 1 aromatic heterocycles. The molecule has 0 radical (unpaired) electrons. The van der Waals surface area contributed by atoms with Crippen molar-refractivity contribution in [1.82, 2.24) is 14.8 Å². The maximum atomic E-state index is 9.64. The van der Waals surface area contributed by atoms with E-state index in [1.54, 1.807) is 11.0 Å². The number of nitrogens with zero attached hydrogens (tertiary/aromatic N) is 4. The van der Waals surface area contributed by atoms with Gasteiger partial charge < -0.3 is 9.94 Å². The van der Waals surface area contributed by atoms with Gasteiger partial charge >= 0.3 is 0 Å². The Bertz CT molecular complexity index is 831. The van der Waals surface area contributed by atoms with Gasteiger partial charge in [-0.05, 0) is 17.7 Å². The zero-order valence-electron chi connectivity index (χ0n) is 12.1. The van der Waals surface area contributed by atoms with Gasteiger partial charge in [0.05, 0.1) is 0 Å². The Morgan fingerprint density at radius 1 is 1.04 bits per heavy atom. The van der Waals surface area contributed by atoms with Crippen molar-refractivity contribution in [2.75, 3.05) is 0 Å². The summed E-state index contributed by atoms with van der Waals surface area (Å²) < 4.78 is 7.86. The van der Waals surface area contributed by atoms with Gasteiger partial charge in [0.2, 0.25) is 0 Å². The third-order valence-corrected chi connectivity index (χ3v) is 3.94. The van der Waals surface area contributed by atoms with Crippen LogP contribution in [-0.4, -0.2) is 25.7 Å². The third-order valence-electron chi connectivity index (χ3n) is 3.94. The molecule has 0 bridgehead atoms. The minimum atomic E-state index is -0.403. The van der Waals surface area contributed by atoms with Crippen molar-refractivity contribution < 1.29 is 9.94 Å². The molecule has 0 amide bonds. The minimum Gasteiger partial charge on any atom is -0.482 e. The number of hydrogen-bond acceptors (Lipinski definition) is 5. The van der Waals surface area contributed by atoms with E-state index in [9.17, 15) is 5.21 Å². The first-order chi connectivity index (χ1) is 11.4. The standard InChI is InChI=1S/C17H14N4O2/c22-20-15-13-8-4-5-9-14(13)23-17(12-6-2-1-3-7-12)16(15)21-11-18-10-19-21/h1-11,16-17,22H/b20-15+/t16-,17+/m1/s1. The molecule has 2 atom stereocenters. The third kappa shape index (κ3) is 2.24. The number of benzene rings is 2. The fourth-order valence-corrected chi connectivity index (χ4v) is 2.92. The second-order valence-corrected chi connectivity index (χ2v) is 5.25. The number of oxime groups is 1. The molecule has 23 heavy (non-hydrogen) atoms. The topological polar surface area (TPSA) is 72.5 Å². The highest BCUT2D eigenvalue weighted by Gasteiger charge is 2.38. The normalized spacial score (nSPS) is 21.7. The Balaban J connectivity index is 1.90. The van der Waals surface area contributed by atoms with Crippen LogP contribution in [-0.2, 0) is 0 Å². The van der Waals surface area contributed by atoms with Crippen LogP contribution < -0.4 is 4.74 Å². The largest absolute Gasteiger partial charge is 0.482 e. The van der Waals surface area contributed by atoms with Gasteiger partial charge in [0, 0.05) is 5.56 Å². The lowest BCUT2D eigenvalue weighted by Crippen LogP contribution is -2.34. The monoisotopic (exact) mass is 306 g/mol. The highest BCUT2D eigenvalue weighted by Crippen LogP contribution is 2.41. The zero-order chi connectivity index (χ0) is 15.6. The second kappa shape index (κ2) is 5.57. The van der Waals surface area contributed by atoms with Crippen LogP contribution in [0.1, 0.15) is 23.3 Å². The first-order valence-corrected chi connectivity index (χ1v) is 7.25. The highest BCUT2D eigenvalue weighted by molar-refractivity contribution is 6.06. The molecule has 3 aromatic rings. The van der Waals surface area contributed by atoms with Crippen molar-refractivity contribution in [1.29, 1.82) is 0 Å². The van der Waals surface area contributed by atoms with Crippen molar-refractivity contribution in [3.8, 4) is 5.75 Å². The lowest BCUT2D eigenvalue weighted by molar-refractivity contribution is 0.151. The lowest BCUT2D eigenvalue weighted by Gasteiger charge is -2.34. The molecule has 6 nitrogen and oxygen atoms in total. The lowest BCUT2D eigenvalue weighted by atomic mass is 9.91. The fraction of sp³-hybridized carbons (Fsp3) is 0.118. The smallest absolute Gasteiger partial charge is 0.152 e. The summed E-state index contributed by atoms with van der Waals surface area (Å²) in [4.78, 5) is 4.01. The summed E-state index contributed by atoms with van der Waals surface area (Å²) in [6.45, 7) is 0. The van der Waals surface area contributed by atoms with Gasteiger partial charge in [-0.1, -0.05) is 47.6 Å². The maximum Gasteiger partial charge on any atom is 0.152 e. The van der Waals surface area contributed by atoms with E-state index in [1.807, 2.05) is 54.6 Å². The van der Waals surface area contributed by atoms with Crippen molar-refractivity contribution in [2.45, 2.75) is 12.1 Å². The molecule has 0 saturated carbocycles. The molecule has 0 aliphatic carbocycles. The number of rotatable bonds is 2. The van der Waals surface area contributed by atoms with Gasteiger partial charge in [-0.15, -0.1) is 0 Å². The van der Waals surface area contributed by atoms with Crippen LogP contribution in [0.5, 0.6) is 5.75 Å². The van der Waals surface area contributed by atoms with Crippen molar-refractivity contribution in [2.24, 2.45) is 5.16 Å². The summed E-state index contributed by atoms with van der Waals surface area (Å²) in [6.07, 6.45) is 2.69. The summed E-state index contributed by atoms with van der Waals surface area (Å²) in [7, 11) is 0. The summed E-state index contributed by atoms with van der Waals surface area (Å²) in [6, 6.07) is 16.9. The molecular weight excluding hydrogens is 292 g/mol. The molecule has 2 aromatic carbocycles. The Morgan fingerprint density at radius 2 is 1.83 bits per heavy atom. The van der Waals surface area contributed by atoms with Crippen LogP contribution in [0.4, 0.5) is 0 Å². The van der Waals surface area contributed by atoms with Crippen LogP contribution in [0.2, 0.25) is 0 Å². The van der Waals surface area contributed by atoms with E-state index in [-0.39, 0.29) is 6.10 Å². The average Bonchev–Trinajstić information content (AvgIpc) is 3.15. The van der Waals surface area contributed by atoms with E-state index in [4.69, 9.17) is 4.74 Å². The van der Waals surface area contributed by atoms with E-state index in [1.165, 1.54) is 6.33 Å². The molecule has 1 aliphatic heterocycles. The Kier molecular flexibility index (Phi) is 3.27. The molecule has 4 rings (SSSR count). The van der Waals surface area contributed by atoms with Gasteiger partial charge in [-0.25, -0.2) is 9.67 Å². The van der Waals surface area contributed by atoms with Crippen molar-refractivity contribution >= 4 is 5.71 Å². The first kappa shape index (κ1) is 13.5. The van der Waals surface area contributed by atoms with Crippen LogP contribution in [0.3, 0.4) is 0 Å². The fourth-order valence-electron chi connectivity index (χ4n) is 2.92. The van der Waals surface area contributed by atoms with Crippen LogP contribution in [0.15, 0.2) is 72.4 Å². The average molecular weight is 306 g/mol. The van der Waals surface area contributed by atoms with Gasteiger partial charge in [0.1, 0.15) is 30.2 Å². The number of fused-ring (bicyclic) bond motifs is 1. The molecule has 1 aliphatic rings. The summed E-state index contributed by atoms with van der Waals surface area (Å²) in [5.41, 5.74) is 2.23. The van der Waals surface area contributed by atoms with E-state index in [0.717, 1.165) is 11.1 Å². The van der Waals surface area contributed by atoms with Crippen LogP contribution >= 0.6 is 0 Å². The number of aromatic nitrogens is 3. The molecular formula is C17H14N4O2. The SMILES string of the molecule is O/N=C1\c2ccccc2O[C@@H](c2ccccc2)[C@@H]1n1cncn1. The molecule has 2 heterocycles. The molecule has 114 valence electrons. The Hall–Kier alpha value is -3.15. The van der Waals surface area contributed by atoms with E-state index in [0.29, 0.717) is 11.5 Å². The van der Waals surface area contributed by atoms with E-state index < -0.39 is 6.04 Å². The number of para-hydroxylation sites is 1. The zero-order valence-corrected chi connectivity index (χ0v) is 12.1. The van der Waals surface area contributed by atoms with Gasteiger partial charge in [-0.3, -0.25) is 0 Å². The predicted molar refractivity (Wildman–Crippen MR) is 83.6 cm³/mol. The first-order valence-electron chi connectivity index (χ1n) is 7.25. The van der Waals surface area contributed by atoms with Gasteiger partial charge in [0.25, 0.3) is 0 Å². The predicted octanol–water partition coefficient (Wildman–Crippen LogP) is 2.83. The minimum absolute atomic E-state index is 0.362. The highest BCUT2D eigenvalue weighted by atomic mass is 16.5. The van der Waals surface area contributed by atoms with Crippen molar-refractivity contribution in [3.05, 3.63) is 78.4 Å². The summed E-state index contributed by atoms with van der Waals surface area (Å²) in [5.74, 6) is 0.686. The Morgan fingerprint density at radius 3 is 2.57 bits per heavy atom. The second-order valence-electron chi connectivity index (χ2n) is 5.25. The Labute approximate surface area is 132 Å². The van der Waals surface area contributed by atoms with Crippen LogP contribution in [0.25, 0.3) is 0 Å². The van der Waals surface area contributed by atoms with Crippen LogP contribution in [0, 0.1) is 0 Å². The summed E-state index contributed by atoms with van der Waals surface area (Å²) >= 11 is 0. The summed E-state index contributed by atoms with van der Waals surface area (Å²) in [5, 5.41) is 17.4. The van der Waals surface area contributed by atoms with E-state index in [2.05, 4.69) is 15.2 Å². The van der Waals surface area contributed by atoms with Crippen molar-refractivity contribution in [3.63, 3.8) is 0 Å². The molecule has 0 unspecified atom stereocenters. The molecule has 0 fully saturated rings. The number of ether oxygens (including phenoxy) is 1. The molecule has 6 heteroatoms. The number of hydrogen-bond donors (Lipinski definition) is 1. The molecule has 1 N–H and O–H groups in total.